The summed E-state index contributed by atoms with van der Waals surface area (Å²) in [6, 6.07) is 0.482. The maximum atomic E-state index is 12.9. The summed E-state index contributed by atoms with van der Waals surface area (Å²) >= 11 is 0. The van der Waals surface area contributed by atoms with Crippen LogP contribution in [0.4, 0.5) is 0 Å². The van der Waals surface area contributed by atoms with Gasteiger partial charge in [-0.05, 0) is 59.4 Å². The fraction of sp³-hybridized carbons (Fsp3) is 0.875. The first-order chi connectivity index (χ1) is 9.91. The molecule has 5 heteroatoms. The van der Waals surface area contributed by atoms with Gasteiger partial charge in [-0.1, -0.05) is 0 Å². The van der Waals surface area contributed by atoms with Gasteiger partial charge in [-0.3, -0.25) is 14.5 Å². The molecule has 2 fully saturated rings. The van der Waals surface area contributed by atoms with E-state index in [0.29, 0.717) is 18.6 Å². The third-order valence-electron chi connectivity index (χ3n) is 5.21. The quantitative estimate of drug-likeness (QED) is 0.855. The Morgan fingerprint density at radius 2 is 1.71 bits per heavy atom. The van der Waals surface area contributed by atoms with Crippen molar-refractivity contribution in [2.45, 2.75) is 71.0 Å². The van der Waals surface area contributed by atoms with Crippen LogP contribution >= 0.6 is 0 Å². The highest BCUT2D eigenvalue weighted by molar-refractivity contribution is 5.82. The van der Waals surface area contributed by atoms with Gasteiger partial charge < -0.3 is 10.6 Å². The maximum absolute atomic E-state index is 12.9. The lowest BCUT2D eigenvalue weighted by Gasteiger charge is -2.43. The monoisotopic (exact) mass is 295 g/mol. The number of piperidine rings is 2. The van der Waals surface area contributed by atoms with Gasteiger partial charge in [0.25, 0.3) is 0 Å². The molecule has 2 aliphatic rings. The van der Waals surface area contributed by atoms with Crippen LogP contribution in [0.2, 0.25) is 0 Å². The average molecular weight is 295 g/mol. The molecule has 2 rings (SSSR count). The lowest BCUT2D eigenvalue weighted by molar-refractivity contribution is -0.144. The number of likely N-dealkylation sites (tertiary alicyclic amines) is 2. The molecule has 0 radical (unpaired) electrons. The predicted molar refractivity (Wildman–Crippen MR) is 82.6 cm³/mol. The Bertz CT molecular complexity index is 389. The molecule has 5 nitrogen and oxygen atoms in total. The average Bonchev–Trinajstić information content (AvgIpc) is 2.46. The van der Waals surface area contributed by atoms with Crippen molar-refractivity contribution >= 4 is 11.8 Å². The van der Waals surface area contributed by atoms with Crippen molar-refractivity contribution in [3.63, 3.8) is 0 Å². The molecule has 0 aliphatic carbocycles. The number of amides is 2. The van der Waals surface area contributed by atoms with Crippen molar-refractivity contribution in [2.75, 3.05) is 13.1 Å². The Hall–Kier alpha value is -1.10. The Kier molecular flexibility index (Phi) is 5.25. The molecule has 2 heterocycles. The summed E-state index contributed by atoms with van der Waals surface area (Å²) in [4.78, 5) is 28.5. The minimum Gasteiger partial charge on any atom is -0.369 e. The number of hydrogen-bond donors (Lipinski definition) is 1. The van der Waals surface area contributed by atoms with Crippen LogP contribution < -0.4 is 5.73 Å². The van der Waals surface area contributed by atoms with Crippen LogP contribution in [-0.4, -0.2) is 52.8 Å². The van der Waals surface area contributed by atoms with Crippen LogP contribution in [0.15, 0.2) is 0 Å². The van der Waals surface area contributed by atoms with Crippen molar-refractivity contribution in [3.8, 4) is 0 Å². The van der Waals surface area contributed by atoms with Gasteiger partial charge in [-0.25, -0.2) is 0 Å². The SMILES string of the molecule is C[C@H](C(=O)N1[C@@H](C)CCC[C@@H]1C)N1CCC[C@H](C(N)=O)C1. The Labute approximate surface area is 127 Å². The van der Waals surface area contributed by atoms with E-state index in [9.17, 15) is 9.59 Å². The molecule has 2 N–H and O–H groups in total. The maximum Gasteiger partial charge on any atom is 0.240 e. The standard InChI is InChI=1S/C16H29N3O2/c1-11-6-4-7-12(2)19(11)16(21)13(3)18-9-5-8-14(10-18)15(17)20/h11-14H,4-10H2,1-3H3,(H2,17,20)/t11-,12-,13+,14-/m0/s1. The summed E-state index contributed by atoms with van der Waals surface area (Å²) < 4.78 is 0. The molecule has 2 saturated heterocycles. The van der Waals surface area contributed by atoms with E-state index in [4.69, 9.17) is 5.73 Å². The molecular formula is C16H29N3O2. The topological polar surface area (TPSA) is 66.6 Å². The number of carbonyl (C=O) groups is 2. The highest BCUT2D eigenvalue weighted by Crippen LogP contribution is 2.25. The number of hydrogen-bond acceptors (Lipinski definition) is 3. The first kappa shape index (κ1) is 16.3. The van der Waals surface area contributed by atoms with E-state index in [-0.39, 0.29) is 23.8 Å². The number of nitrogens with two attached hydrogens (primary N) is 1. The van der Waals surface area contributed by atoms with Gasteiger partial charge in [0.2, 0.25) is 11.8 Å². The second-order valence-electron chi connectivity index (χ2n) is 6.79. The molecule has 120 valence electrons. The van der Waals surface area contributed by atoms with Crippen LogP contribution in [0, 0.1) is 5.92 Å². The third kappa shape index (κ3) is 3.57. The van der Waals surface area contributed by atoms with Crippen molar-refractivity contribution < 1.29 is 9.59 Å². The van der Waals surface area contributed by atoms with Crippen molar-refractivity contribution in [1.82, 2.24) is 9.80 Å². The second kappa shape index (κ2) is 6.77. The van der Waals surface area contributed by atoms with Crippen LogP contribution in [0.1, 0.15) is 52.9 Å². The first-order valence-electron chi connectivity index (χ1n) is 8.27. The van der Waals surface area contributed by atoms with E-state index < -0.39 is 0 Å². The Morgan fingerprint density at radius 3 is 2.29 bits per heavy atom. The number of nitrogens with zero attached hydrogens (tertiary/aromatic N) is 2. The summed E-state index contributed by atoms with van der Waals surface area (Å²) in [6.07, 6.45) is 5.17. The van der Waals surface area contributed by atoms with Crippen molar-refractivity contribution in [2.24, 2.45) is 11.7 Å². The van der Waals surface area contributed by atoms with Gasteiger partial charge >= 0.3 is 0 Å². The summed E-state index contributed by atoms with van der Waals surface area (Å²) in [5.41, 5.74) is 5.43. The van der Waals surface area contributed by atoms with E-state index in [2.05, 4.69) is 23.6 Å². The first-order valence-corrected chi connectivity index (χ1v) is 8.27. The molecule has 0 aromatic carbocycles. The predicted octanol–water partition coefficient (Wildman–Crippen LogP) is 1.36. The van der Waals surface area contributed by atoms with Gasteiger partial charge in [0.15, 0.2) is 0 Å². The fourth-order valence-electron chi connectivity index (χ4n) is 3.82. The lowest BCUT2D eigenvalue weighted by Crippen LogP contribution is -2.56. The molecule has 2 amide bonds. The minimum absolute atomic E-state index is 0.106. The number of carbonyl (C=O) groups excluding carboxylic acids is 2. The smallest absolute Gasteiger partial charge is 0.240 e. The summed E-state index contributed by atoms with van der Waals surface area (Å²) in [5, 5.41) is 0. The number of rotatable bonds is 3. The van der Waals surface area contributed by atoms with E-state index in [0.717, 1.165) is 32.2 Å². The van der Waals surface area contributed by atoms with Gasteiger partial charge in [-0.2, -0.15) is 0 Å². The zero-order valence-electron chi connectivity index (χ0n) is 13.5. The normalized spacial score (nSPS) is 32.7. The molecular weight excluding hydrogens is 266 g/mol. The summed E-state index contributed by atoms with van der Waals surface area (Å²) in [6.45, 7) is 7.76. The van der Waals surface area contributed by atoms with E-state index in [1.54, 1.807) is 0 Å². The van der Waals surface area contributed by atoms with Crippen molar-refractivity contribution in [3.05, 3.63) is 0 Å². The van der Waals surface area contributed by atoms with E-state index in [1.165, 1.54) is 6.42 Å². The zero-order valence-corrected chi connectivity index (χ0v) is 13.5. The molecule has 21 heavy (non-hydrogen) atoms. The summed E-state index contributed by atoms with van der Waals surface area (Å²) in [5.74, 6) is -0.135. The van der Waals surface area contributed by atoms with Crippen LogP contribution in [0.3, 0.4) is 0 Å². The highest BCUT2D eigenvalue weighted by atomic mass is 16.2. The zero-order chi connectivity index (χ0) is 15.6. The summed E-state index contributed by atoms with van der Waals surface area (Å²) in [7, 11) is 0. The van der Waals surface area contributed by atoms with Gasteiger partial charge in [-0.15, -0.1) is 0 Å². The molecule has 0 spiro atoms. The second-order valence-corrected chi connectivity index (χ2v) is 6.79. The number of primary amides is 1. The molecule has 4 atom stereocenters. The highest BCUT2D eigenvalue weighted by Gasteiger charge is 2.36. The van der Waals surface area contributed by atoms with Crippen LogP contribution in [0.25, 0.3) is 0 Å². The molecule has 2 aliphatic heterocycles. The largest absolute Gasteiger partial charge is 0.369 e. The van der Waals surface area contributed by atoms with Gasteiger partial charge in [0.1, 0.15) is 0 Å². The molecule has 0 unspecified atom stereocenters. The van der Waals surface area contributed by atoms with Crippen LogP contribution in [0.5, 0.6) is 0 Å². The van der Waals surface area contributed by atoms with Crippen LogP contribution in [-0.2, 0) is 9.59 Å². The fourth-order valence-corrected chi connectivity index (χ4v) is 3.82. The van der Waals surface area contributed by atoms with E-state index >= 15 is 0 Å². The molecule has 0 aromatic heterocycles. The lowest BCUT2D eigenvalue weighted by atomic mass is 9.94. The van der Waals surface area contributed by atoms with Gasteiger partial charge in [0.05, 0.1) is 12.0 Å². The van der Waals surface area contributed by atoms with E-state index in [1.807, 2.05) is 6.92 Å². The molecule has 0 aromatic rings. The van der Waals surface area contributed by atoms with Crippen molar-refractivity contribution in [1.29, 1.82) is 0 Å². The Morgan fingerprint density at radius 1 is 1.10 bits per heavy atom. The van der Waals surface area contributed by atoms with Gasteiger partial charge in [0, 0.05) is 18.6 Å². The molecule has 0 bridgehead atoms. The Balaban J connectivity index is 2.02. The molecule has 0 saturated carbocycles. The minimum atomic E-state index is -0.237. The third-order valence-corrected chi connectivity index (χ3v) is 5.21.